The zero-order valence-electron chi connectivity index (χ0n) is 14.7. The van der Waals surface area contributed by atoms with Crippen LogP contribution in [0.1, 0.15) is 46.1 Å². The molecule has 1 aromatic rings. The van der Waals surface area contributed by atoms with E-state index in [1.807, 2.05) is 38.1 Å². The quantitative estimate of drug-likeness (QED) is 0.451. The molecule has 0 N–H and O–H groups in total. The molecule has 0 saturated heterocycles. The van der Waals surface area contributed by atoms with Gasteiger partial charge in [0.2, 0.25) is 0 Å². The monoisotopic (exact) mass is 361 g/mol. The van der Waals surface area contributed by atoms with E-state index in [1.165, 1.54) is 6.42 Å². The number of carbonyl (C=O) groups excluding carboxylic acids is 1. The maximum absolute atomic E-state index is 11.9. The second kappa shape index (κ2) is 10.3. The Bertz CT molecular complexity index is 701. The largest absolute Gasteiger partial charge is 0.294 e. The molecule has 2 nitrogen and oxygen atoms in total. The van der Waals surface area contributed by atoms with Crippen LogP contribution in [0.4, 0.5) is 0 Å². The van der Waals surface area contributed by atoms with E-state index >= 15 is 0 Å². The van der Waals surface area contributed by atoms with Gasteiger partial charge in [-0.3, -0.25) is 4.79 Å². The van der Waals surface area contributed by atoms with Crippen LogP contribution < -0.4 is 0 Å². The lowest BCUT2D eigenvalue weighted by Crippen LogP contribution is -1.98. The minimum absolute atomic E-state index is 0.0448. The second-order valence-corrected chi connectivity index (χ2v) is 6.84. The molecule has 0 saturated carbocycles. The van der Waals surface area contributed by atoms with Crippen molar-refractivity contribution >= 4 is 34.3 Å². The lowest BCUT2D eigenvalue weighted by molar-refractivity contribution is -0.114. The summed E-state index contributed by atoms with van der Waals surface area (Å²) in [5.41, 5.74) is 2.18. The first-order valence-electron chi connectivity index (χ1n) is 8.08. The Morgan fingerprint density at radius 3 is 2.50 bits per heavy atom. The van der Waals surface area contributed by atoms with Crippen molar-refractivity contribution in [1.29, 1.82) is 0 Å². The van der Waals surface area contributed by atoms with E-state index in [4.69, 9.17) is 11.6 Å². The molecule has 1 aromatic carbocycles. The highest BCUT2D eigenvalue weighted by Crippen LogP contribution is 2.36. The number of Topliss-reactive ketones (excluding diaryl/α,β-unsaturated/α-hetero) is 1. The van der Waals surface area contributed by atoms with Gasteiger partial charge in [0.15, 0.2) is 5.78 Å². The highest BCUT2D eigenvalue weighted by molar-refractivity contribution is 8.03. The number of benzene rings is 1. The fourth-order valence-electron chi connectivity index (χ4n) is 1.93. The van der Waals surface area contributed by atoms with Crippen LogP contribution in [-0.2, 0) is 4.79 Å². The Labute approximate surface area is 154 Å². The minimum Gasteiger partial charge on any atom is -0.294 e. The molecule has 1 aliphatic rings. The fraction of sp³-hybridized carbons (Fsp3) is 0.300. The fourth-order valence-corrected chi connectivity index (χ4v) is 3.20. The van der Waals surface area contributed by atoms with Crippen molar-refractivity contribution in [3.8, 4) is 0 Å². The molecular weight excluding hydrogens is 338 g/mol. The molecule has 0 amide bonds. The summed E-state index contributed by atoms with van der Waals surface area (Å²) in [6, 6.07) is 7.86. The molecule has 0 bridgehead atoms. The van der Waals surface area contributed by atoms with Crippen molar-refractivity contribution < 1.29 is 4.79 Å². The van der Waals surface area contributed by atoms with E-state index in [1.54, 1.807) is 23.9 Å². The summed E-state index contributed by atoms with van der Waals surface area (Å²) in [7, 11) is 0. The van der Waals surface area contributed by atoms with Gasteiger partial charge in [-0.05, 0) is 19.1 Å². The van der Waals surface area contributed by atoms with Gasteiger partial charge >= 0.3 is 0 Å². The summed E-state index contributed by atoms with van der Waals surface area (Å²) >= 11 is 7.92. The van der Waals surface area contributed by atoms with E-state index < -0.39 is 0 Å². The number of nitrogens with zero attached hydrogens (tertiary/aromatic N) is 1. The number of ketones is 1. The van der Waals surface area contributed by atoms with E-state index in [9.17, 15) is 4.79 Å². The number of rotatable bonds is 4. The van der Waals surface area contributed by atoms with Crippen LogP contribution in [0.3, 0.4) is 0 Å². The first kappa shape index (κ1) is 20.5. The summed E-state index contributed by atoms with van der Waals surface area (Å²) < 4.78 is 0. The van der Waals surface area contributed by atoms with Gasteiger partial charge < -0.3 is 0 Å². The molecule has 0 aliphatic carbocycles. The summed E-state index contributed by atoms with van der Waals surface area (Å²) in [6.07, 6.45) is 5.02. The molecule has 0 radical (unpaired) electrons. The predicted molar refractivity (Wildman–Crippen MR) is 107 cm³/mol. The van der Waals surface area contributed by atoms with Crippen molar-refractivity contribution in [3.05, 3.63) is 64.7 Å². The van der Waals surface area contributed by atoms with Crippen LogP contribution in [0.2, 0.25) is 0 Å². The van der Waals surface area contributed by atoms with Crippen LogP contribution in [-0.4, -0.2) is 11.0 Å². The van der Waals surface area contributed by atoms with Crippen molar-refractivity contribution in [3.63, 3.8) is 0 Å². The summed E-state index contributed by atoms with van der Waals surface area (Å²) in [5, 5.41) is 0.438. The highest BCUT2D eigenvalue weighted by Gasteiger charge is 2.15. The SMILES string of the molecule is C=C/C(=C\C1=C(C)Sc2ccccc2C(Cl)=N1)C(=O)CC.CCC. The van der Waals surface area contributed by atoms with E-state index in [0.717, 1.165) is 15.4 Å². The van der Waals surface area contributed by atoms with Crippen molar-refractivity contribution in [2.75, 3.05) is 0 Å². The Kier molecular flexibility index (Phi) is 8.80. The molecule has 0 unspecified atom stereocenters. The number of allylic oxidation sites excluding steroid dienone is 4. The number of carbonyl (C=O) groups is 1. The van der Waals surface area contributed by atoms with Gasteiger partial charge in [0.1, 0.15) is 5.17 Å². The maximum Gasteiger partial charge on any atom is 0.162 e. The Morgan fingerprint density at radius 1 is 1.29 bits per heavy atom. The second-order valence-electron chi connectivity index (χ2n) is 5.23. The van der Waals surface area contributed by atoms with Crippen molar-refractivity contribution in [2.45, 2.75) is 45.4 Å². The van der Waals surface area contributed by atoms with Gasteiger partial charge in [0, 0.05) is 27.4 Å². The Morgan fingerprint density at radius 2 is 1.92 bits per heavy atom. The molecule has 0 fully saturated rings. The predicted octanol–water partition coefficient (Wildman–Crippen LogP) is 6.52. The molecule has 24 heavy (non-hydrogen) atoms. The number of fused-ring (bicyclic) bond motifs is 1. The van der Waals surface area contributed by atoms with E-state index in [2.05, 4.69) is 25.4 Å². The first-order chi connectivity index (χ1) is 11.5. The Hall–Kier alpha value is -1.58. The average Bonchev–Trinajstić information content (AvgIpc) is 2.69. The third-order valence-corrected chi connectivity index (χ3v) is 4.49. The number of aliphatic imine (C=N–C) groups is 1. The molecule has 0 aromatic heterocycles. The van der Waals surface area contributed by atoms with E-state index in [-0.39, 0.29) is 5.78 Å². The number of hydrogen-bond acceptors (Lipinski definition) is 3. The molecule has 128 valence electrons. The van der Waals surface area contributed by atoms with Gasteiger partial charge in [-0.25, -0.2) is 4.99 Å². The van der Waals surface area contributed by atoms with Gasteiger partial charge in [0.05, 0.1) is 5.70 Å². The molecule has 1 heterocycles. The normalized spacial score (nSPS) is 14.0. The third-order valence-electron chi connectivity index (χ3n) is 3.11. The van der Waals surface area contributed by atoms with Gasteiger partial charge in [-0.15, -0.1) is 0 Å². The lowest BCUT2D eigenvalue weighted by Gasteiger charge is -2.04. The van der Waals surface area contributed by atoms with Gasteiger partial charge in [-0.2, -0.15) is 0 Å². The molecule has 1 aliphatic heterocycles. The molecular formula is C20H24ClNOS. The van der Waals surface area contributed by atoms with Crippen molar-refractivity contribution in [2.24, 2.45) is 4.99 Å². The lowest BCUT2D eigenvalue weighted by atomic mass is 10.1. The van der Waals surface area contributed by atoms with E-state index in [0.29, 0.717) is 22.9 Å². The number of halogens is 1. The van der Waals surface area contributed by atoms with Crippen LogP contribution in [0.5, 0.6) is 0 Å². The van der Waals surface area contributed by atoms with Gasteiger partial charge in [0.25, 0.3) is 0 Å². The summed E-state index contributed by atoms with van der Waals surface area (Å²) in [5.74, 6) is 0.0448. The van der Waals surface area contributed by atoms with Gasteiger partial charge in [-0.1, -0.05) is 81.4 Å². The molecule has 0 atom stereocenters. The number of hydrogen-bond donors (Lipinski definition) is 0. The maximum atomic E-state index is 11.9. The van der Waals surface area contributed by atoms with Crippen LogP contribution in [0, 0.1) is 0 Å². The Balaban J connectivity index is 0.000000891. The van der Waals surface area contributed by atoms with Crippen LogP contribution in [0.25, 0.3) is 0 Å². The summed E-state index contributed by atoms with van der Waals surface area (Å²) in [4.78, 5) is 18.4. The zero-order chi connectivity index (χ0) is 18.1. The molecule has 2 rings (SSSR count). The van der Waals surface area contributed by atoms with Crippen LogP contribution in [0.15, 0.2) is 69.1 Å². The molecule has 0 spiro atoms. The minimum atomic E-state index is 0.0448. The summed E-state index contributed by atoms with van der Waals surface area (Å²) in [6.45, 7) is 11.8. The van der Waals surface area contributed by atoms with Crippen LogP contribution >= 0.6 is 23.4 Å². The third kappa shape index (κ3) is 5.50. The topological polar surface area (TPSA) is 29.4 Å². The van der Waals surface area contributed by atoms with Crippen molar-refractivity contribution in [1.82, 2.24) is 0 Å². The average molecular weight is 362 g/mol. The number of thioether (sulfide) groups is 1. The standard InChI is InChI=1S/C17H16ClNOS.C3H8/c1-4-12(15(20)5-2)10-14-11(3)21-16-9-7-6-8-13(16)17(18)19-14;1-3-2/h4,6-10H,1,5H2,2-3H3;3H2,1-2H3/b12-10+;. The zero-order valence-corrected chi connectivity index (χ0v) is 16.3. The first-order valence-corrected chi connectivity index (χ1v) is 9.27. The molecule has 4 heteroatoms. The highest BCUT2D eigenvalue weighted by atomic mass is 35.5. The smallest absolute Gasteiger partial charge is 0.162 e.